The van der Waals surface area contributed by atoms with Gasteiger partial charge in [0.15, 0.2) is 4.90 Å². The van der Waals surface area contributed by atoms with Gasteiger partial charge in [0.1, 0.15) is 0 Å². The fraction of sp³-hybridized carbons (Fsp3) is 0.455. The molecule has 0 spiro atoms. The van der Waals surface area contributed by atoms with Gasteiger partial charge in [-0.1, -0.05) is 18.5 Å². The van der Waals surface area contributed by atoms with Crippen molar-refractivity contribution in [2.75, 3.05) is 13.1 Å². The molecular formula is C11H13ClN2O5S. The standard InChI is InChI=1S/C11H13ClN2O5S/c1-2-11(15)6-13(7-11)20(18,19)10-4-3-8(12)5-9(10)14(16)17/h3-5,15H,2,6-7H2,1H3. The highest BCUT2D eigenvalue weighted by atomic mass is 35.5. The van der Waals surface area contributed by atoms with E-state index in [2.05, 4.69) is 0 Å². The number of β-amino-alcohol motifs (C(OH)–C–C–N with tert-alkyl or cyclic N) is 1. The molecule has 0 bridgehead atoms. The molecule has 0 aromatic heterocycles. The number of nitro benzene ring substituents is 1. The minimum atomic E-state index is -4.00. The highest BCUT2D eigenvalue weighted by molar-refractivity contribution is 7.89. The largest absolute Gasteiger partial charge is 0.387 e. The van der Waals surface area contributed by atoms with Crippen LogP contribution < -0.4 is 0 Å². The van der Waals surface area contributed by atoms with Crippen molar-refractivity contribution in [3.8, 4) is 0 Å². The highest BCUT2D eigenvalue weighted by Gasteiger charge is 2.47. The average molecular weight is 321 g/mol. The molecule has 1 aromatic carbocycles. The summed E-state index contributed by atoms with van der Waals surface area (Å²) in [5.74, 6) is 0. The van der Waals surface area contributed by atoms with Crippen molar-refractivity contribution in [3.05, 3.63) is 33.3 Å². The van der Waals surface area contributed by atoms with Crippen LogP contribution in [0.3, 0.4) is 0 Å². The molecule has 1 saturated heterocycles. The van der Waals surface area contributed by atoms with Crippen molar-refractivity contribution in [1.82, 2.24) is 4.31 Å². The third kappa shape index (κ3) is 2.51. The first kappa shape index (κ1) is 15.2. The molecule has 1 heterocycles. The maximum atomic E-state index is 12.3. The van der Waals surface area contributed by atoms with Crippen LogP contribution in [-0.4, -0.2) is 41.4 Å². The van der Waals surface area contributed by atoms with Gasteiger partial charge < -0.3 is 5.11 Å². The van der Waals surface area contributed by atoms with Gasteiger partial charge in [-0.25, -0.2) is 8.42 Å². The van der Waals surface area contributed by atoms with Crippen molar-refractivity contribution >= 4 is 27.3 Å². The van der Waals surface area contributed by atoms with Crippen LogP contribution >= 0.6 is 11.6 Å². The summed E-state index contributed by atoms with van der Waals surface area (Å²) in [5.41, 5.74) is -1.61. The second kappa shape index (κ2) is 4.96. The van der Waals surface area contributed by atoms with E-state index in [1.807, 2.05) is 0 Å². The van der Waals surface area contributed by atoms with Gasteiger partial charge in [0.25, 0.3) is 5.69 Å². The van der Waals surface area contributed by atoms with Crippen molar-refractivity contribution in [1.29, 1.82) is 0 Å². The van der Waals surface area contributed by atoms with Crippen LogP contribution in [0.2, 0.25) is 5.02 Å². The second-order valence-electron chi connectivity index (χ2n) is 4.72. The fourth-order valence-electron chi connectivity index (χ4n) is 1.99. The fourth-order valence-corrected chi connectivity index (χ4v) is 3.90. The van der Waals surface area contributed by atoms with Crippen molar-refractivity contribution in [3.63, 3.8) is 0 Å². The number of hydrogen-bond donors (Lipinski definition) is 1. The molecule has 1 aromatic rings. The Kier molecular flexibility index (Phi) is 3.76. The van der Waals surface area contributed by atoms with Crippen molar-refractivity contribution in [2.45, 2.75) is 23.8 Å². The lowest BCUT2D eigenvalue weighted by molar-refractivity contribution is -0.387. The molecule has 0 amide bonds. The molecule has 2 rings (SSSR count). The summed E-state index contributed by atoms with van der Waals surface area (Å²) in [4.78, 5) is 9.75. The number of hydrogen-bond acceptors (Lipinski definition) is 5. The van der Waals surface area contributed by atoms with Crippen LogP contribution in [0.4, 0.5) is 5.69 Å². The summed E-state index contributed by atoms with van der Waals surface area (Å²) < 4.78 is 25.7. The lowest BCUT2D eigenvalue weighted by Gasteiger charge is -2.44. The summed E-state index contributed by atoms with van der Waals surface area (Å²) in [5, 5.41) is 20.9. The van der Waals surface area contributed by atoms with E-state index >= 15 is 0 Å². The molecule has 1 aliphatic rings. The van der Waals surface area contributed by atoms with Gasteiger partial charge >= 0.3 is 0 Å². The molecule has 20 heavy (non-hydrogen) atoms. The van der Waals surface area contributed by atoms with E-state index in [1.165, 1.54) is 6.07 Å². The molecule has 0 atom stereocenters. The Bertz CT molecular complexity index is 655. The maximum Gasteiger partial charge on any atom is 0.290 e. The topological polar surface area (TPSA) is 101 Å². The minimum absolute atomic E-state index is 0.0639. The number of rotatable bonds is 4. The van der Waals surface area contributed by atoms with E-state index < -0.39 is 31.1 Å². The van der Waals surface area contributed by atoms with E-state index in [-0.39, 0.29) is 18.1 Å². The van der Waals surface area contributed by atoms with Crippen molar-refractivity contribution in [2.24, 2.45) is 0 Å². The molecular weight excluding hydrogens is 308 g/mol. The zero-order chi connectivity index (χ0) is 15.1. The van der Waals surface area contributed by atoms with Gasteiger partial charge in [0.2, 0.25) is 10.0 Å². The summed E-state index contributed by atoms with van der Waals surface area (Å²) in [6.45, 7) is 1.62. The molecule has 1 N–H and O–H groups in total. The third-order valence-electron chi connectivity index (χ3n) is 3.33. The number of nitrogens with zero attached hydrogens (tertiary/aromatic N) is 2. The van der Waals surface area contributed by atoms with Gasteiger partial charge in [-0.2, -0.15) is 4.31 Å². The molecule has 0 unspecified atom stereocenters. The Balaban J connectivity index is 2.39. The zero-order valence-electron chi connectivity index (χ0n) is 10.6. The van der Waals surface area contributed by atoms with Crippen LogP contribution in [0.1, 0.15) is 13.3 Å². The number of halogens is 1. The summed E-state index contributed by atoms with van der Waals surface area (Å²) in [6, 6.07) is 3.40. The van der Waals surface area contributed by atoms with Crippen LogP contribution in [0.15, 0.2) is 23.1 Å². The lowest BCUT2D eigenvalue weighted by atomic mass is 9.94. The minimum Gasteiger partial charge on any atom is -0.387 e. The van der Waals surface area contributed by atoms with Gasteiger partial charge in [-0.15, -0.1) is 0 Å². The van der Waals surface area contributed by atoms with Crippen molar-refractivity contribution < 1.29 is 18.4 Å². The maximum absolute atomic E-state index is 12.3. The molecule has 110 valence electrons. The van der Waals surface area contributed by atoms with Crippen LogP contribution in [0, 0.1) is 10.1 Å². The highest BCUT2D eigenvalue weighted by Crippen LogP contribution is 2.34. The number of benzene rings is 1. The Morgan fingerprint density at radius 1 is 1.50 bits per heavy atom. The van der Waals surface area contributed by atoms with E-state index in [0.717, 1.165) is 16.4 Å². The smallest absolute Gasteiger partial charge is 0.290 e. The molecule has 0 radical (unpaired) electrons. The molecule has 9 heteroatoms. The first-order chi connectivity index (χ1) is 9.19. The summed E-state index contributed by atoms with van der Waals surface area (Å²) in [7, 11) is -4.00. The van der Waals surface area contributed by atoms with Gasteiger partial charge in [-0.05, 0) is 18.6 Å². The van der Waals surface area contributed by atoms with Crippen LogP contribution in [-0.2, 0) is 10.0 Å². The normalized spacial score (nSPS) is 18.6. The average Bonchev–Trinajstić information content (AvgIpc) is 2.34. The number of sulfonamides is 1. The monoisotopic (exact) mass is 320 g/mol. The predicted octanol–water partition coefficient (Wildman–Crippen LogP) is 1.39. The number of nitro groups is 1. The first-order valence-electron chi connectivity index (χ1n) is 5.86. The predicted molar refractivity (Wildman–Crippen MR) is 72.1 cm³/mol. The summed E-state index contributed by atoms with van der Waals surface area (Å²) in [6.07, 6.45) is 0.418. The number of aliphatic hydroxyl groups is 1. The van der Waals surface area contributed by atoms with E-state index in [1.54, 1.807) is 6.92 Å². The van der Waals surface area contributed by atoms with E-state index in [0.29, 0.717) is 6.42 Å². The zero-order valence-corrected chi connectivity index (χ0v) is 12.2. The van der Waals surface area contributed by atoms with Gasteiger partial charge in [0, 0.05) is 24.2 Å². The molecule has 0 saturated carbocycles. The van der Waals surface area contributed by atoms with Gasteiger partial charge in [0.05, 0.1) is 10.5 Å². The Morgan fingerprint density at radius 2 is 2.10 bits per heavy atom. The molecule has 0 aliphatic carbocycles. The van der Waals surface area contributed by atoms with E-state index in [9.17, 15) is 23.6 Å². The van der Waals surface area contributed by atoms with E-state index in [4.69, 9.17) is 11.6 Å². The third-order valence-corrected chi connectivity index (χ3v) is 5.41. The second-order valence-corrected chi connectivity index (χ2v) is 7.06. The molecule has 1 fully saturated rings. The Morgan fingerprint density at radius 3 is 2.60 bits per heavy atom. The first-order valence-corrected chi connectivity index (χ1v) is 7.68. The SMILES string of the molecule is CCC1(O)CN(S(=O)(=O)c2ccc(Cl)cc2[N+](=O)[O-])C1. The lowest BCUT2D eigenvalue weighted by Crippen LogP contribution is -2.62. The van der Waals surface area contributed by atoms with Gasteiger partial charge in [-0.3, -0.25) is 10.1 Å². The Labute approximate surface area is 121 Å². The quantitative estimate of drug-likeness (QED) is 0.667. The summed E-state index contributed by atoms with van der Waals surface area (Å²) >= 11 is 5.65. The molecule has 1 aliphatic heterocycles. The van der Waals surface area contributed by atoms with Crippen LogP contribution in [0.25, 0.3) is 0 Å². The Hall–Kier alpha value is -1.22. The molecule has 7 nitrogen and oxygen atoms in total. The van der Waals surface area contributed by atoms with Crippen LogP contribution in [0.5, 0.6) is 0 Å².